The number of aliphatic carboxylic acids is 1. The molecule has 0 heterocycles. The van der Waals surface area contributed by atoms with Gasteiger partial charge in [0.05, 0.1) is 6.61 Å². The lowest BCUT2D eigenvalue weighted by Gasteiger charge is -2.28. The number of hydrogen-bond acceptors (Lipinski definition) is 6. The molecule has 3 rings (SSSR count). The molecule has 2 N–H and O–H groups in total. The van der Waals surface area contributed by atoms with E-state index in [1.807, 2.05) is 48.5 Å². The van der Waals surface area contributed by atoms with Gasteiger partial charge in [0.15, 0.2) is 0 Å². The molecule has 2 amide bonds. The molecule has 1 atom stereocenters. The Hall–Kier alpha value is -3.88. The molecule has 0 aliphatic heterocycles. The molecule has 0 fully saturated rings. The Morgan fingerprint density at radius 2 is 1.53 bits per heavy atom. The van der Waals surface area contributed by atoms with Gasteiger partial charge in [-0.1, -0.05) is 48.5 Å². The molecule has 1 unspecified atom stereocenters. The van der Waals surface area contributed by atoms with Crippen molar-refractivity contribution in [1.29, 1.82) is 0 Å². The molecule has 0 saturated heterocycles. The number of alkyl carbamates (subject to hydrolysis) is 1. The van der Waals surface area contributed by atoms with Gasteiger partial charge in [0, 0.05) is 12.0 Å². The second-order valence-electron chi connectivity index (χ2n) is 8.11. The van der Waals surface area contributed by atoms with E-state index in [0.717, 1.165) is 27.2 Å². The first-order valence-corrected chi connectivity index (χ1v) is 11.0. The Labute approximate surface area is 197 Å². The maximum absolute atomic E-state index is 13.0. The predicted molar refractivity (Wildman–Crippen MR) is 123 cm³/mol. The lowest BCUT2D eigenvalue weighted by molar-refractivity contribution is -0.155. The summed E-state index contributed by atoms with van der Waals surface area (Å²) < 4.78 is 10.4. The average molecular weight is 469 g/mol. The SMILES string of the molecule is CCOC(=O)C(NC(=O)OCC1c2ccccc2-c2ccccc21)C(=O)N(CC(=O)O)C(C)C. The minimum Gasteiger partial charge on any atom is -0.480 e. The van der Waals surface area contributed by atoms with E-state index < -0.39 is 42.6 Å². The van der Waals surface area contributed by atoms with Crippen molar-refractivity contribution in [2.24, 2.45) is 0 Å². The summed E-state index contributed by atoms with van der Waals surface area (Å²) >= 11 is 0. The Morgan fingerprint density at radius 1 is 0.971 bits per heavy atom. The lowest BCUT2D eigenvalue weighted by Crippen LogP contribution is -2.56. The lowest BCUT2D eigenvalue weighted by atomic mass is 9.98. The molecule has 0 spiro atoms. The molecular formula is C25H28N2O7. The van der Waals surface area contributed by atoms with E-state index in [-0.39, 0.29) is 19.1 Å². The number of amides is 2. The van der Waals surface area contributed by atoms with Crippen LogP contribution in [0.15, 0.2) is 48.5 Å². The molecular weight excluding hydrogens is 440 g/mol. The van der Waals surface area contributed by atoms with Gasteiger partial charge in [-0.25, -0.2) is 9.59 Å². The quantitative estimate of drug-likeness (QED) is 0.429. The molecule has 1 aliphatic rings. The van der Waals surface area contributed by atoms with E-state index in [4.69, 9.17) is 14.6 Å². The standard InChI is InChI=1S/C25H28N2O7/c1-4-33-24(31)22(23(30)27(15(2)3)13-21(28)29)26-25(32)34-14-20-18-11-7-5-9-16(18)17-10-6-8-12-19(17)20/h5-12,15,20,22H,4,13-14H2,1-3H3,(H,26,32)(H,28,29). The number of carboxylic acid groups (broad SMARTS) is 1. The number of carbonyl (C=O) groups is 4. The summed E-state index contributed by atoms with van der Waals surface area (Å²) in [5.41, 5.74) is 4.16. The van der Waals surface area contributed by atoms with Gasteiger partial charge in [0.25, 0.3) is 5.91 Å². The van der Waals surface area contributed by atoms with Crippen LogP contribution in [0, 0.1) is 0 Å². The summed E-state index contributed by atoms with van der Waals surface area (Å²) in [7, 11) is 0. The molecule has 2 aromatic carbocycles. The van der Waals surface area contributed by atoms with Crippen LogP contribution in [0.5, 0.6) is 0 Å². The van der Waals surface area contributed by atoms with E-state index in [1.54, 1.807) is 20.8 Å². The fraction of sp³-hybridized carbons (Fsp3) is 0.360. The largest absolute Gasteiger partial charge is 0.480 e. The van der Waals surface area contributed by atoms with Crippen LogP contribution in [0.2, 0.25) is 0 Å². The number of esters is 1. The second-order valence-corrected chi connectivity index (χ2v) is 8.11. The number of hydrogen-bond donors (Lipinski definition) is 2. The summed E-state index contributed by atoms with van der Waals surface area (Å²) in [6, 6.07) is 13.4. The van der Waals surface area contributed by atoms with Crippen LogP contribution in [0.3, 0.4) is 0 Å². The van der Waals surface area contributed by atoms with Crippen LogP contribution < -0.4 is 5.32 Å². The third-order valence-electron chi connectivity index (χ3n) is 5.59. The number of nitrogens with one attached hydrogen (secondary N) is 1. The van der Waals surface area contributed by atoms with Gasteiger partial charge in [-0.05, 0) is 43.0 Å². The van der Waals surface area contributed by atoms with Crippen molar-refractivity contribution in [2.45, 2.75) is 38.8 Å². The van der Waals surface area contributed by atoms with Crippen molar-refractivity contribution < 1.29 is 33.8 Å². The van der Waals surface area contributed by atoms with Crippen molar-refractivity contribution in [3.8, 4) is 11.1 Å². The van der Waals surface area contributed by atoms with Crippen molar-refractivity contribution >= 4 is 23.9 Å². The molecule has 180 valence electrons. The zero-order chi connectivity index (χ0) is 24.8. The van der Waals surface area contributed by atoms with Crippen LogP contribution in [0.4, 0.5) is 4.79 Å². The highest BCUT2D eigenvalue weighted by Crippen LogP contribution is 2.44. The first-order chi connectivity index (χ1) is 16.2. The van der Waals surface area contributed by atoms with Gasteiger partial charge < -0.3 is 19.5 Å². The molecule has 9 nitrogen and oxygen atoms in total. The number of carbonyl (C=O) groups excluding carboxylic acids is 3. The average Bonchev–Trinajstić information content (AvgIpc) is 3.13. The van der Waals surface area contributed by atoms with Crippen molar-refractivity contribution in [3.05, 3.63) is 59.7 Å². The number of benzene rings is 2. The highest BCUT2D eigenvalue weighted by atomic mass is 16.6. The summed E-state index contributed by atoms with van der Waals surface area (Å²) in [4.78, 5) is 50.2. The van der Waals surface area contributed by atoms with Crippen LogP contribution in [0.25, 0.3) is 11.1 Å². The third kappa shape index (κ3) is 5.36. The number of ether oxygens (including phenoxy) is 2. The van der Waals surface area contributed by atoms with Gasteiger partial charge in [0.1, 0.15) is 13.2 Å². The fourth-order valence-corrected chi connectivity index (χ4v) is 4.03. The summed E-state index contributed by atoms with van der Waals surface area (Å²) in [6.07, 6.45) is -0.979. The number of carboxylic acids is 1. The van der Waals surface area contributed by atoms with E-state index >= 15 is 0 Å². The molecule has 0 aromatic heterocycles. The fourth-order valence-electron chi connectivity index (χ4n) is 4.03. The maximum Gasteiger partial charge on any atom is 0.408 e. The van der Waals surface area contributed by atoms with E-state index in [2.05, 4.69) is 5.32 Å². The maximum atomic E-state index is 13.0. The summed E-state index contributed by atoms with van der Waals surface area (Å²) in [6.45, 7) is 4.12. The van der Waals surface area contributed by atoms with E-state index in [1.165, 1.54) is 0 Å². The summed E-state index contributed by atoms with van der Waals surface area (Å²) in [5, 5.41) is 11.4. The highest BCUT2D eigenvalue weighted by molar-refractivity contribution is 6.05. The molecule has 2 aromatic rings. The van der Waals surface area contributed by atoms with Crippen LogP contribution in [-0.2, 0) is 23.9 Å². The Kier molecular flexibility index (Phi) is 7.88. The van der Waals surface area contributed by atoms with Crippen molar-refractivity contribution in [1.82, 2.24) is 10.2 Å². The Morgan fingerprint density at radius 3 is 2.03 bits per heavy atom. The first kappa shape index (κ1) is 24.8. The van der Waals surface area contributed by atoms with Gasteiger partial charge >= 0.3 is 18.0 Å². The van der Waals surface area contributed by atoms with E-state index in [0.29, 0.717) is 0 Å². The van der Waals surface area contributed by atoms with Gasteiger partial charge in [-0.2, -0.15) is 0 Å². The molecule has 9 heteroatoms. The minimum atomic E-state index is -1.72. The Bertz CT molecular complexity index is 1040. The predicted octanol–water partition coefficient (Wildman–Crippen LogP) is 2.78. The minimum absolute atomic E-state index is 0.00732. The molecule has 34 heavy (non-hydrogen) atoms. The molecule has 0 saturated carbocycles. The third-order valence-corrected chi connectivity index (χ3v) is 5.59. The monoisotopic (exact) mass is 468 g/mol. The summed E-state index contributed by atoms with van der Waals surface area (Å²) in [5.74, 6) is -3.32. The first-order valence-electron chi connectivity index (χ1n) is 11.0. The second kappa shape index (κ2) is 10.8. The molecule has 0 bridgehead atoms. The van der Waals surface area contributed by atoms with Gasteiger partial charge in [-0.15, -0.1) is 0 Å². The van der Waals surface area contributed by atoms with Crippen LogP contribution >= 0.6 is 0 Å². The number of rotatable bonds is 9. The normalized spacial score (nSPS) is 12.9. The zero-order valence-electron chi connectivity index (χ0n) is 19.3. The highest BCUT2D eigenvalue weighted by Gasteiger charge is 2.36. The van der Waals surface area contributed by atoms with Crippen molar-refractivity contribution in [3.63, 3.8) is 0 Å². The Balaban J connectivity index is 1.74. The topological polar surface area (TPSA) is 122 Å². The zero-order valence-corrected chi connectivity index (χ0v) is 19.3. The molecule has 0 radical (unpaired) electrons. The van der Waals surface area contributed by atoms with Gasteiger partial charge in [-0.3, -0.25) is 14.9 Å². The van der Waals surface area contributed by atoms with Crippen LogP contribution in [0.1, 0.15) is 37.8 Å². The van der Waals surface area contributed by atoms with E-state index in [9.17, 15) is 19.2 Å². The van der Waals surface area contributed by atoms with Crippen molar-refractivity contribution in [2.75, 3.05) is 19.8 Å². The van der Waals surface area contributed by atoms with Crippen LogP contribution in [-0.4, -0.2) is 65.8 Å². The number of fused-ring (bicyclic) bond motifs is 3. The van der Waals surface area contributed by atoms with Gasteiger partial charge in [0.2, 0.25) is 6.04 Å². The number of nitrogens with zero attached hydrogens (tertiary/aromatic N) is 1. The smallest absolute Gasteiger partial charge is 0.408 e. The molecule has 1 aliphatic carbocycles.